The van der Waals surface area contributed by atoms with E-state index in [0.29, 0.717) is 12.8 Å². The Morgan fingerprint density at radius 1 is 1.43 bits per heavy atom. The highest BCUT2D eigenvalue weighted by Crippen LogP contribution is 2.28. The van der Waals surface area contributed by atoms with Crippen molar-refractivity contribution in [2.45, 2.75) is 31.2 Å². The lowest BCUT2D eigenvalue weighted by atomic mass is 9.97. The number of carboxylic acid groups (broad SMARTS) is 1. The summed E-state index contributed by atoms with van der Waals surface area (Å²) in [5.41, 5.74) is 5.08. The quantitative estimate of drug-likeness (QED) is 0.661. The zero-order chi connectivity index (χ0) is 10.8. The molecular formula is C9H16N2O3. The lowest BCUT2D eigenvalue weighted by molar-refractivity contribution is -0.145. The number of carbonyl (C=O) groups is 2. The summed E-state index contributed by atoms with van der Waals surface area (Å²) in [4.78, 5) is 23.3. The third-order valence-electron chi connectivity index (χ3n) is 2.64. The molecule has 1 amide bonds. The molecule has 0 heterocycles. The van der Waals surface area contributed by atoms with Gasteiger partial charge in [0.25, 0.3) is 0 Å². The number of carbonyl (C=O) groups excluding carboxylic acids is 1. The van der Waals surface area contributed by atoms with Crippen LogP contribution in [0.25, 0.3) is 0 Å². The summed E-state index contributed by atoms with van der Waals surface area (Å²) in [5.74, 6) is -1.26. The Bertz CT molecular complexity index is 246. The summed E-state index contributed by atoms with van der Waals surface area (Å²) < 4.78 is 0. The minimum atomic E-state index is -1.01. The molecule has 3 N–H and O–H groups in total. The number of carboxylic acids is 1. The molecule has 5 nitrogen and oxygen atoms in total. The third kappa shape index (κ3) is 2.23. The Morgan fingerprint density at radius 2 is 1.93 bits per heavy atom. The molecule has 0 spiro atoms. The maximum Gasteiger partial charge on any atom is 0.323 e. The number of aliphatic carboxylic acids is 1. The van der Waals surface area contributed by atoms with Crippen molar-refractivity contribution >= 4 is 11.9 Å². The summed E-state index contributed by atoms with van der Waals surface area (Å²) in [6, 6.07) is 0. The van der Waals surface area contributed by atoms with E-state index in [-0.39, 0.29) is 12.5 Å². The second kappa shape index (κ2) is 3.96. The Kier molecular flexibility index (Phi) is 3.10. The number of hydrogen-bond acceptors (Lipinski definition) is 3. The maximum atomic E-state index is 11.7. The summed E-state index contributed by atoms with van der Waals surface area (Å²) in [7, 11) is 1.48. The van der Waals surface area contributed by atoms with Gasteiger partial charge in [-0.25, -0.2) is 0 Å². The normalized spacial score (nSPS) is 19.3. The standard InChI is InChI=1S/C9H16N2O3/c1-11(6-7(12)13)8(14)9(10)4-2-3-5-9/h2-6,10H2,1H3,(H,12,13). The SMILES string of the molecule is CN(CC(=O)O)C(=O)C1(N)CCCC1. The molecule has 80 valence electrons. The van der Waals surface area contributed by atoms with Crippen molar-refractivity contribution in [3.05, 3.63) is 0 Å². The summed E-state index contributed by atoms with van der Waals surface area (Å²) in [6.45, 7) is -0.280. The zero-order valence-electron chi connectivity index (χ0n) is 8.32. The molecule has 0 atom stereocenters. The van der Waals surface area contributed by atoms with Gasteiger partial charge in [0, 0.05) is 7.05 Å². The second-order valence-corrected chi connectivity index (χ2v) is 3.92. The lowest BCUT2D eigenvalue weighted by Crippen LogP contribution is -2.53. The van der Waals surface area contributed by atoms with Crippen LogP contribution in [0.3, 0.4) is 0 Å². The van der Waals surface area contributed by atoms with Crippen molar-refractivity contribution < 1.29 is 14.7 Å². The van der Waals surface area contributed by atoms with Gasteiger partial charge in [-0.1, -0.05) is 12.8 Å². The summed E-state index contributed by atoms with van der Waals surface area (Å²) in [5, 5.41) is 8.52. The van der Waals surface area contributed by atoms with Gasteiger partial charge >= 0.3 is 5.97 Å². The Hall–Kier alpha value is -1.10. The zero-order valence-corrected chi connectivity index (χ0v) is 8.32. The first-order valence-electron chi connectivity index (χ1n) is 4.72. The van der Waals surface area contributed by atoms with Gasteiger partial charge in [-0.3, -0.25) is 9.59 Å². The minimum absolute atomic E-state index is 0.252. The molecule has 1 aliphatic rings. The molecule has 1 rings (SSSR count). The van der Waals surface area contributed by atoms with Crippen molar-refractivity contribution in [2.75, 3.05) is 13.6 Å². The third-order valence-corrected chi connectivity index (χ3v) is 2.64. The fourth-order valence-corrected chi connectivity index (χ4v) is 1.87. The van der Waals surface area contributed by atoms with E-state index in [2.05, 4.69) is 0 Å². The number of amides is 1. The molecule has 0 aromatic heterocycles. The fourth-order valence-electron chi connectivity index (χ4n) is 1.87. The summed E-state index contributed by atoms with van der Waals surface area (Å²) in [6.07, 6.45) is 3.22. The van der Waals surface area contributed by atoms with E-state index in [9.17, 15) is 9.59 Å². The van der Waals surface area contributed by atoms with Crippen LogP contribution >= 0.6 is 0 Å². The summed E-state index contributed by atoms with van der Waals surface area (Å²) >= 11 is 0. The van der Waals surface area contributed by atoms with Crippen molar-refractivity contribution in [2.24, 2.45) is 5.73 Å². The van der Waals surface area contributed by atoms with Gasteiger partial charge in [-0.05, 0) is 12.8 Å². The van der Waals surface area contributed by atoms with Crippen LogP contribution in [0.2, 0.25) is 0 Å². The molecule has 14 heavy (non-hydrogen) atoms. The largest absolute Gasteiger partial charge is 0.480 e. The van der Waals surface area contributed by atoms with Crippen molar-refractivity contribution in [3.8, 4) is 0 Å². The van der Waals surface area contributed by atoms with Gasteiger partial charge in [0.05, 0.1) is 5.54 Å². The number of likely N-dealkylation sites (N-methyl/N-ethyl adjacent to an activating group) is 1. The van der Waals surface area contributed by atoms with Crippen LogP contribution in [-0.2, 0) is 9.59 Å². The highest BCUT2D eigenvalue weighted by Gasteiger charge is 2.39. The first kappa shape index (κ1) is 11.0. The molecule has 0 bridgehead atoms. The highest BCUT2D eigenvalue weighted by molar-refractivity contribution is 5.88. The van der Waals surface area contributed by atoms with Gasteiger partial charge in [-0.15, -0.1) is 0 Å². The van der Waals surface area contributed by atoms with Gasteiger partial charge < -0.3 is 15.7 Å². The van der Waals surface area contributed by atoms with E-state index in [1.165, 1.54) is 11.9 Å². The molecule has 0 radical (unpaired) electrons. The van der Waals surface area contributed by atoms with E-state index >= 15 is 0 Å². The lowest BCUT2D eigenvalue weighted by Gasteiger charge is -2.27. The molecule has 1 saturated carbocycles. The van der Waals surface area contributed by atoms with Crippen molar-refractivity contribution in [3.63, 3.8) is 0 Å². The van der Waals surface area contributed by atoms with Crippen molar-refractivity contribution in [1.29, 1.82) is 0 Å². The molecule has 0 aromatic carbocycles. The number of nitrogens with two attached hydrogens (primary N) is 1. The Balaban J connectivity index is 2.59. The second-order valence-electron chi connectivity index (χ2n) is 3.92. The molecular weight excluding hydrogens is 184 g/mol. The smallest absolute Gasteiger partial charge is 0.323 e. The van der Waals surface area contributed by atoms with Gasteiger partial charge in [0.1, 0.15) is 6.54 Å². The van der Waals surface area contributed by atoms with Gasteiger partial charge in [0.15, 0.2) is 0 Å². The van der Waals surface area contributed by atoms with E-state index in [1.54, 1.807) is 0 Å². The average molecular weight is 200 g/mol. The topological polar surface area (TPSA) is 83.6 Å². The molecule has 1 aliphatic carbocycles. The molecule has 1 fully saturated rings. The number of rotatable bonds is 3. The molecule has 0 aromatic rings. The predicted molar refractivity (Wildman–Crippen MR) is 50.7 cm³/mol. The van der Waals surface area contributed by atoms with Crippen LogP contribution in [0.5, 0.6) is 0 Å². The average Bonchev–Trinajstić information content (AvgIpc) is 2.51. The Morgan fingerprint density at radius 3 is 2.36 bits per heavy atom. The van der Waals surface area contributed by atoms with Crippen LogP contribution in [0, 0.1) is 0 Å². The molecule has 0 aliphatic heterocycles. The van der Waals surface area contributed by atoms with Crippen LogP contribution < -0.4 is 5.73 Å². The maximum absolute atomic E-state index is 11.7. The van der Waals surface area contributed by atoms with Gasteiger partial charge in [-0.2, -0.15) is 0 Å². The Labute approximate surface area is 82.9 Å². The van der Waals surface area contributed by atoms with E-state index < -0.39 is 11.5 Å². The number of hydrogen-bond donors (Lipinski definition) is 2. The van der Waals surface area contributed by atoms with Gasteiger partial charge in [0.2, 0.25) is 5.91 Å². The minimum Gasteiger partial charge on any atom is -0.480 e. The van der Waals surface area contributed by atoms with Crippen LogP contribution in [-0.4, -0.2) is 41.0 Å². The molecule has 0 unspecified atom stereocenters. The van der Waals surface area contributed by atoms with E-state index in [4.69, 9.17) is 10.8 Å². The highest BCUT2D eigenvalue weighted by atomic mass is 16.4. The molecule has 5 heteroatoms. The number of nitrogens with zero attached hydrogens (tertiary/aromatic N) is 1. The molecule has 0 saturated heterocycles. The first-order valence-corrected chi connectivity index (χ1v) is 4.72. The van der Waals surface area contributed by atoms with Crippen LogP contribution in [0.4, 0.5) is 0 Å². The van der Waals surface area contributed by atoms with Crippen LogP contribution in [0.1, 0.15) is 25.7 Å². The van der Waals surface area contributed by atoms with Crippen molar-refractivity contribution in [1.82, 2.24) is 4.90 Å². The van der Waals surface area contributed by atoms with Crippen LogP contribution in [0.15, 0.2) is 0 Å². The first-order chi connectivity index (χ1) is 6.46. The monoisotopic (exact) mass is 200 g/mol. The van der Waals surface area contributed by atoms with E-state index in [1.807, 2.05) is 0 Å². The predicted octanol–water partition coefficient (Wildman–Crippen LogP) is -0.199. The fraction of sp³-hybridized carbons (Fsp3) is 0.778. The van der Waals surface area contributed by atoms with E-state index in [0.717, 1.165) is 12.8 Å².